The van der Waals surface area contributed by atoms with Crippen LogP contribution < -0.4 is 10.6 Å². The Bertz CT molecular complexity index is 395. The smallest absolute Gasteiger partial charge is 0.219 e. The number of tetrazole rings is 1. The molecule has 0 aromatic carbocycles. The summed E-state index contributed by atoms with van der Waals surface area (Å²) in [6.07, 6.45) is 1.36. The van der Waals surface area contributed by atoms with Gasteiger partial charge in [-0.15, -0.1) is 5.10 Å². The van der Waals surface area contributed by atoms with E-state index in [1.807, 2.05) is 0 Å². The summed E-state index contributed by atoms with van der Waals surface area (Å²) in [6, 6.07) is 0. The molecular formula is C12H24N6OS. The zero-order chi connectivity index (χ0) is 14.8. The van der Waals surface area contributed by atoms with Crippen molar-refractivity contribution in [3.05, 3.63) is 0 Å². The first-order valence-corrected chi connectivity index (χ1v) is 7.92. The summed E-state index contributed by atoms with van der Waals surface area (Å²) in [5.74, 6) is 1.55. The highest BCUT2D eigenvalue weighted by molar-refractivity contribution is 7.99. The second kappa shape index (κ2) is 9.71. The van der Waals surface area contributed by atoms with Gasteiger partial charge in [-0.05, 0) is 29.3 Å². The number of nitrogens with one attached hydrogen (secondary N) is 2. The standard InChI is InChI=1S/C12H24N6OS/c1-10(2)9-14-6-7-18-12(15-16-17-18)20-8-4-5-11(19)13-3/h10,14H,4-9H2,1-3H3,(H,13,19). The van der Waals surface area contributed by atoms with E-state index >= 15 is 0 Å². The summed E-state index contributed by atoms with van der Waals surface area (Å²) in [6.45, 7) is 6.97. The molecule has 8 heteroatoms. The summed E-state index contributed by atoms with van der Waals surface area (Å²) in [7, 11) is 1.65. The Labute approximate surface area is 124 Å². The lowest BCUT2D eigenvalue weighted by Gasteiger charge is -2.08. The Morgan fingerprint density at radius 1 is 1.45 bits per heavy atom. The van der Waals surface area contributed by atoms with Crippen LogP contribution >= 0.6 is 11.8 Å². The van der Waals surface area contributed by atoms with Gasteiger partial charge < -0.3 is 10.6 Å². The van der Waals surface area contributed by atoms with Crippen molar-refractivity contribution in [2.24, 2.45) is 5.92 Å². The molecule has 20 heavy (non-hydrogen) atoms. The molecule has 7 nitrogen and oxygen atoms in total. The van der Waals surface area contributed by atoms with Crippen molar-refractivity contribution in [2.75, 3.05) is 25.9 Å². The number of hydrogen-bond acceptors (Lipinski definition) is 6. The molecule has 0 fully saturated rings. The molecule has 114 valence electrons. The molecule has 0 spiro atoms. The van der Waals surface area contributed by atoms with Crippen molar-refractivity contribution >= 4 is 17.7 Å². The number of thioether (sulfide) groups is 1. The molecule has 0 radical (unpaired) electrons. The first-order chi connectivity index (χ1) is 9.63. The number of carbonyl (C=O) groups excluding carboxylic acids is 1. The van der Waals surface area contributed by atoms with Gasteiger partial charge in [-0.2, -0.15) is 0 Å². The first kappa shape index (κ1) is 16.9. The Morgan fingerprint density at radius 3 is 2.95 bits per heavy atom. The van der Waals surface area contributed by atoms with E-state index in [4.69, 9.17) is 0 Å². The van der Waals surface area contributed by atoms with Crippen LogP contribution in [0.15, 0.2) is 5.16 Å². The third-order valence-corrected chi connectivity index (χ3v) is 3.65. The maximum Gasteiger partial charge on any atom is 0.219 e. The van der Waals surface area contributed by atoms with Crippen LogP contribution in [0.5, 0.6) is 0 Å². The Hall–Kier alpha value is -1.15. The molecule has 2 N–H and O–H groups in total. The minimum Gasteiger partial charge on any atom is -0.359 e. The summed E-state index contributed by atoms with van der Waals surface area (Å²) in [5, 5.41) is 18.5. The fraction of sp³-hybridized carbons (Fsp3) is 0.833. The van der Waals surface area contributed by atoms with Crippen molar-refractivity contribution in [3.8, 4) is 0 Å². The largest absolute Gasteiger partial charge is 0.359 e. The van der Waals surface area contributed by atoms with Crippen molar-refractivity contribution in [1.29, 1.82) is 0 Å². The third-order valence-electron chi connectivity index (χ3n) is 2.61. The van der Waals surface area contributed by atoms with Gasteiger partial charge in [-0.3, -0.25) is 4.79 Å². The molecule has 0 aliphatic heterocycles. The van der Waals surface area contributed by atoms with E-state index in [2.05, 4.69) is 40.0 Å². The zero-order valence-corrected chi connectivity index (χ0v) is 13.2. The van der Waals surface area contributed by atoms with Crippen LogP contribution in [0.4, 0.5) is 0 Å². The number of hydrogen-bond donors (Lipinski definition) is 2. The molecule has 1 heterocycles. The monoisotopic (exact) mass is 300 g/mol. The van der Waals surface area contributed by atoms with Gasteiger partial charge in [0.25, 0.3) is 0 Å². The predicted octanol–water partition coefficient (Wildman–Crippen LogP) is 0.537. The highest BCUT2D eigenvalue weighted by Crippen LogP contribution is 2.15. The van der Waals surface area contributed by atoms with Crippen LogP contribution in [0.1, 0.15) is 26.7 Å². The fourth-order valence-corrected chi connectivity index (χ4v) is 2.38. The Kier molecular flexibility index (Phi) is 8.20. The Morgan fingerprint density at radius 2 is 2.25 bits per heavy atom. The quantitative estimate of drug-likeness (QED) is 0.484. The molecule has 1 aromatic heterocycles. The lowest BCUT2D eigenvalue weighted by Crippen LogP contribution is -2.24. The number of carbonyl (C=O) groups is 1. The molecular weight excluding hydrogens is 276 g/mol. The van der Waals surface area contributed by atoms with Gasteiger partial charge in [0.15, 0.2) is 0 Å². The van der Waals surface area contributed by atoms with Crippen molar-refractivity contribution in [3.63, 3.8) is 0 Å². The van der Waals surface area contributed by atoms with Gasteiger partial charge in [-0.1, -0.05) is 25.6 Å². The van der Waals surface area contributed by atoms with Crippen LogP contribution in [-0.2, 0) is 11.3 Å². The van der Waals surface area contributed by atoms with E-state index in [0.717, 1.165) is 37.0 Å². The minimum absolute atomic E-state index is 0.0723. The fourth-order valence-electron chi connectivity index (χ4n) is 1.54. The second-order valence-electron chi connectivity index (χ2n) is 4.91. The third kappa shape index (κ3) is 6.85. The average molecular weight is 300 g/mol. The molecule has 1 amide bonds. The van der Waals surface area contributed by atoms with Crippen LogP contribution in [0.25, 0.3) is 0 Å². The molecule has 0 unspecified atom stereocenters. The van der Waals surface area contributed by atoms with Gasteiger partial charge >= 0.3 is 0 Å². The second-order valence-corrected chi connectivity index (χ2v) is 5.97. The van der Waals surface area contributed by atoms with Crippen LogP contribution in [0.3, 0.4) is 0 Å². The van der Waals surface area contributed by atoms with Crippen LogP contribution in [-0.4, -0.2) is 52.0 Å². The lowest BCUT2D eigenvalue weighted by molar-refractivity contribution is -0.120. The van der Waals surface area contributed by atoms with Crippen molar-refractivity contribution in [2.45, 2.75) is 38.4 Å². The van der Waals surface area contributed by atoms with Gasteiger partial charge in [-0.25, -0.2) is 4.68 Å². The van der Waals surface area contributed by atoms with Crippen molar-refractivity contribution < 1.29 is 4.79 Å². The highest BCUT2D eigenvalue weighted by Gasteiger charge is 2.07. The summed E-state index contributed by atoms with van der Waals surface area (Å²) < 4.78 is 1.80. The molecule has 0 aliphatic carbocycles. The van der Waals surface area contributed by atoms with E-state index in [1.165, 1.54) is 0 Å². The van der Waals surface area contributed by atoms with Crippen molar-refractivity contribution in [1.82, 2.24) is 30.8 Å². The molecule has 0 atom stereocenters. The van der Waals surface area contributed by atoms with E-state index in [0.29, 0.717) is 12.3 Å². The van der Waals surface area contributed by atoms with Crippen LogP contribution in [0, 0.1) is 5.92 Å². The zero-order valence-electron chi connectivity index (χ0n) is 12.4. The molecule has 0 bridgehead atoms. The maximum absolute atomic E-state index is 11.1. The van der Waals surface area contributed by atoms with Crippen LogP contribution in [0.2, 0.25) is 0 Å². The normalized spacial score (nSPS) is 11.0. The SMILES string of the molecule is CNC(=O)CCCSc1nnnn1CCNCC(C)C. The Balaban J connectivity index is 2.22. The minimum atomic E-state index is 0.0723. The predicted molar refractivity (Wildman–Crippen MR) is 79.5 cm³/mol. The first-order valence-electron chi connectivity index (χ1n) is 6.93. The van der Waals surface area contributed by atoms with Gasteiger partial charge in [0.05, 0.1) is 6.54 Å². The van der Waals surface area contributed by atoms with E-state index < -0.39 is 0 Å². The van der Waals surface area contributed by atoms with E-state index in [9.17, 15) is 4.79 Å². The lowest BCUT2D eigenvalue weighted by atomic mass is 10.2. The van der Waals surface area contributed by atoms with Gasteiger partial charge in [0.2, 0.25) is 11.1 Å². The van der Waals surface area contributed by atoms with Gasteiger partial charge in [0, 0.05) is 25.8 Å². The van der Waals surface area contributed by atoms with E-state index in [1.54, 1.807) is 23.5 Å². The summed E-state index contributed by atoms with van der Waals surface area (Å²) in [4.78, 5) is 11.1. The molecule has 1 aromatic rings. The number of rotatable bonds is 10. The van der Waals surface area contributed by atoms with Gasteiger partial charge in [0.1, 0.15) is 0 Å². The average Bonchev–Trinajstić information content (AvgIpc) is 2.86. The van der Waals surface area contributed by atoms with E-state index in [-0.39, 0.29) is 5.91 Å². The highest BCUT2D eigenvalue weighted by atomic mass is 32.2. The number of nitrogens with zero attached hydrogens (tertiary/aromatic N) is 4. The summed E-state index contributed by atoms with van der Waals surface area (Å²) in [5.41, 5.74) is 0. The summed E-state index contributed by atoms with van der Waals surface area (Å²) >= 11 is 1.59. The number of amides is 1. The molecule has 0 saturated heterocycles. The molecule has 0 saturated carbocycles. The molecule has 1 rings (SSSR count). The topological polar surface area (TPSA) is 84.7 Å². The molecule has 0 aliphatic rings. The number of aromatic nitrogens is 4. The maximum atomic E-state index is 11.1.